The van der Waals surface area contributed by atoms with Crippen molar-refractivity contribution < 1.29 is 124 Å². The van der Waals surface area contributed by atoms with Gasteiger partial charge in [0, 0.05) is 93.0 Å². The number of anilines is 3. The number of aromatic nitrogens is 4. The van der Waals surface area contributed by atoms with Gasteiger partial charge in [-0.05, 0) is 185 Å². The highest BCUT2D eigenvalue weighted by Gasteiger charge is 2.62. The van der Waals surface area contributed by atoms with Gasteiger partial charge >= 0.3 is 12.1 Å². The summed E-state index contributed by atoms with van der Waals surface area (Å²) in [5.41, 5.74) is 5.67. The fourth-order valence-electron chi connectivity index (χ4n) is 19.4. The summed E-state index contributed by atoms with van der Waals surface area (Å²) in [5.74, 6) is -4.75. The highest BCUT2D eigenvalue weighted by Crippen LogP contribution is 2.69. The second-order valence-electron chi connectivity index (χ2n) is 38.0. The van der Waals surface area contributed by atoms with E-state index in [-0.39, 0.29) is 135 Å². The lowest BCUT2D eigenvalue weighted by atomic mass is 9.41. The number of carbonyl (C=O) groups excluding carboxylic acids is 10. The lowest BCUT2D eigenvalue weighted by Gasteiger charge is -2.66. The molecule has 3 aromatic heterocycles. The Labute approximate surface area is 845 Å². The Morgan fingerprint density at radius 3 is 1.81 bits per heavy atom. The second kappa shape index (κ2) is 59.0. The van der Waals surface area contributed by atoms with Crippen LogP contribution in [0.15, 0.2) is 97.2 Å². The number of imide groups is 1. The van der Waals surface area contributed by atoms with Crippen molar-refractivity contribution in [1.29, 1.82) is 0 Å². The van der Waals surface area contributed by atoms with Crippen LogP contribution in [-0.4, -0.2) is 317 Å². The van der Waals surface area contributed by atoms with Crippen molar-refractivity contribution >= 4 is 103 Å². The van der Waals surface area contributed by atoms with Gasteiger partial charge in [0.25, 0.3) is 17.7 Å². The fourth-order valence-corrected chi connectivity index (χ4v) is 20.3. The monoisotopic (exact) mass is 2030 g/mol. The molecule has 6 aromatic rings. The number of rotatable bonds is 69. The number of aromatic carboxylic acids is 1. The van der Waals surface area contributed by atoms with Crippen LogP contribution in [0, 0.1) is 35.0 Å². The van der Waals surface area contributed by atoms with Crippen LogP contribution in [0.25, 0.3) is 21.3 Å². The topological polar surface area (TPSA) is 484 Å². The number of para-hydroxylation sites is 1. The Balaban J connectivity index is 0.596. The van der Waals surface area contributed by atoms with Crippen LogP contribution in [0.3, 0.4) is 0 Å². The lowest BCUT2D eigenvalue weighted by Crippen LogP contribution is -2.60. The fraction of sp³-hybridized carbons (Fsp3) is 0.612. The molecule has 0 radical (unpaired) electrons. The first-order valence-electron chi connectivity index (χ1n) is 50.2. The molecule has 5 heterocycles. The number of hydrogen-bond acceptors (Lipinski definition) is 30. The molecule has 0 saturated heterocycles. The summed E-state index contributed by atoms with van der Waals surface area (Å²) in [4.78, 5) is 158. The smallest absolute Gasteiger partial charge is 0.408 e. The molecule has 3 aromatic carbocycles. The highest BCUT2D eigenvalue weighted by atomic mass is 32.1. The molecule has 790 valence electrons. The molecule has 5 aliphatic rings. The summed E-state index contributed by atoms with van der Waals surface area (Å²) in [6.07, 6.45) is 11.9. The number of carboxylic acid groups (broad SMARTS) is 1. The summed E-state index contributed by atoms with van der Waals surface area (Å²) >= 11 is 1.40. The largest absolute Gasteiger partial charge is 0.476 e. The van der Waals surface area contributed by atoms with Gasteiger partial charge in [0.2, 0.25) is 35.4 Å². The molecule has 10 amide bonds. The SMILES string of the molecule is COCCOCCOCCOCCOCCOCCOCCOCCOCCOCCOCCOCC(=O)NCCCC[C@@H](NC(=O)OCc1ccc(NC(=O)[C@H](C)NC(=O)[C@@H](NC(=O)CCCCCN2C(=O)C=CC2=O)C(C)C)cc1)C(=O)N[C@H](C)C(=O)NCCOC1CC2(Cn3ncc(-c4ccc(N5CCc6cccc(C(=O)Nc7nc8ccccc8s7)c6C5)nc4C(=O)O)c3C)CC3(C)CCC1C(C)(C3)C2. The van der Waals surface area contributed by atoms with Gasteiger partial charge < -0.3 is 114 Å². The van der Waals surface area contributed by atoms with Gasteiger partial charge in [-0.25, -0.2) is 19.6 Å². The molecule has 3 fully saturated rings. The maximum atomic E-state index is 14.3. The number of carboxylic acids is 1. The zero-order valence-corrected chi connectivity index (χ0v) is 85.2. The van der Waals surface area contributed by atoms with Crippen molar-refractivity contribution in [2.45, 2.75) is 188 Å². The summed E-state index contributed by atoms with van der Waals surface area (Å²) in [6.45, 7) is 24.4. The van der Waals surface area contributed by atoms with Crippen LogP contribution in [0.1, 0.15) is 168 Å². The van der Waals surface area contributed by atoms with Crippen molar-refractivity contribution in [3.8, 4) is 11.1 Å². The molecular formula is C103H146N14O26S. The number of methoxy groups -OCH3 is 1. The molecule has 144 heavy (non-hydrogen) atoms. The molecule has 40 nitrogen and oxygen atoms in total. The highest BCUT2D eigenvalue weighted by molar-refractivity contribution is 7.22. The van der Waals surface area contributed by atoms with E-state index in [0.29, 0.717) is 229 Å². The molecule has 0 spiro atoms. The minimum atomic E-state index is -1.19. The number of nitrogens with one attached hydrogen (secondary N) is 8. The third-order valence-corrected chi connectivity index (χ3v) is 27.2. The first-order valence-corrected chi connectivity index (χ1v) is 51.0. The van der Waals surface area contributed by atoms with Gasteiger partial charge in [0.05, 0.1) is 174 Å². The quantitative estimate of drug-likeness (QED) is 0.0127. The van der Waals surface area contributed by atoms with E-state index in [1.54, 1.807) is 64.4 Å². The van der Waals surface area contributed by atoms with Gasteiger partial charge in [0.15, 0.2) is 10.8 Å². The van der Waals surface area contributed by atoms with E-state index in [2.05, 4.69) is 61.4 Å². The number of alkyl carbamates (subject to hydrolysis) is 1. The zero-order valence-electron chi connectivity index (χ0n) is 84.3. The van der Waals surface area contributed by atoms with Gasteiger partial charge in [-0.1, -0.05) is 81.9 Å². The minimum Gasteiger partial charge on any atom is -0.476 e. The second-order valence-corrected chi connectivity index (χ2v) is 39.0. The van der Waals surface area contributed by atoms with Gasteiger partial charge in [-0.15, -0.1) is 0 Å². The number of nitrogens with zero attached hydrogens (tertiary/aromatic N) is 6. The molecule has 3 aliphatic carbocycles. The average Bonchev–Trinajstić information content (AvgIpc) is 0.871. The Morgan fingerprint density at radius 2 is 1.19 bits per heavy atom. The minimum absolute atomic E-state index is 0.0586. The van der Waals surface area contributed by atoms with Crippen molar-refractivity contribution in [2.24, 2.45) is 28.1 Å². The van der Waals surface area contributed by atoms with Crippen LogP contribution in [0.5, 0.6) is 0 Å². The van der Waals surface area contributed by atoms with E-state index in [1.807, 2.05) is 65.0 Å². The molecule has 9 atom stereocenters. The number of amides is 10. The van der Waals surface area contributed by atoms with E-state index in [9.17, 15) is 57.8 Å². The predicted molar refractivity (Wildman–Crippen MR) is 535 cm³/mol. The Morgan fingerprint density at radius 1 is 0.576 bits per heavy atom. The maximum Gasteiger partial charge on any atom is 0.408 e. The molecule has 3 bridgehead atoms. The van der Waals surface area contributed by atoms with E-state index < -0.39 is 59.9 Å². The van der Waals surface area contributed by atoms with E-state index in [0.717, 1.165) is 70.5 Å². The number of pyridine rings is 1. The van der Waals surface area contributed by atoms with Crippen LogP contribution in [0.2, 0.25) is 0 Å². The van der Waals surface area contributed by atoms with Crippen molar-refractivity contribution in [3.63, 3.8) is 0 Å². The number of fused-ring (bicyclic) bond motifs is 4. The molecule has 11 rings (SSSR count). The summed E-state index contributed by atoms with van der Waals surface area (Å²) in [7, 11) is 1.63. The molecule has 2 aliphatic heterocycles. The van der Waals surface area contributed by atoms with Gasteiger partial charge in [0.1, 0.15) is 43.2 Å². The van der Waals surface area contributed by atoms with Crippen LogP contribution < -0.4 is 47.4 Å². The van der Waals surface area contributed by atoms with Gasteiger partial charge in [-0.3, -0.25) is 58.0 Å². The lowest BCUT2D eigenvalue weighted by molar-refractivity contribution is -0.199. The van der Waals surface area contributed by atoms with Crippen molar-refractivity contribution in [3.05, 3.63) is 131 Å². The molecule has 41 heteroatoms. The molecule has 3 saturated carbocycles. The number of hydrogen-bond donors (Lipinski definition) is 9. The Hall–Kier alpha value is -10.9. The Bertz CT molecular complexity index is 5130. The first kappa shape index (κ1) is 113. The van der Waals surface area contributed by atoms with E-state index >= 15 is 0 Å². The number of carbonyl (C=O) groups is 11. The third-order valence-electron chi connectivity index (χ3n) is 26.3. The molecule has 9 N–H and O–H groups in total. The zero-order chi connectivity index (χ0) is 103. The van der Waals surface area contributed by atoms with Crippen molar-refractivity contribution in [1.82, 2.24) is 56.5 Å². The third kappa shape index (κ3) is 36.0. The maximum absolute atomic E-state index is 14.3. The number of benzene rings is 3. The number of ether oxygens (including phenoxy) is 14. The standard InChI is InChI=1S/C103H146N14O26S/c1-70(2)91(113-87(118)22-10-9-15-36-116-89(120)29-30-90(116)121)97(126)108-72(4)94(123)109-76-25-23-74(24-26-76)64-143-100(129)111-83(20-13-14-34-104-88(119)65-141-60-59-140-58-57-139-56-55-138-54-53-137-52-51-136-50-49-135-48-47-134-46-45-133-44-43-132-42-41-131-40-39-130-8)96(125)107-71(3)93(122)105-35-38-142-84-61-103(67-101(6)33-31-81(84)102(7,66-101)68-103)69-117-73(5)79(62-106-117)77-27-28-86(112-92(77)98(127)128)115-37-32-75-17-16-18-78(80(75)63-115)95(124)114-99-110-82-19-11-12-21-85(82)144-99/h11-12,16-19,21,23-30,62,70-72,81,83-84,91H,9-10,13-15,20,22,31-61,63-69H2,1-8H3,(H,104,119)(H,105,122)(H,107,125)(H,108,126)(H,109,123)(H,111,129)(H,113,118)(H,127,128)(H,110,114,124)/t71-,72+,81?,83-,84?,91+,101?,102?,103?/m1/s1. The normalized spacial score (nSPS) is 18.7. The Kier molecular flexibility index (Phi) is 46.5. The van der Waals surface area contributed by atoms with Crippen LogP contribution in [-0.2, 0) is 131 Å². The van der Waals surface area contributed by atoms with E-state index in [1.165, 1.54) is 30.4 Å². The first-order chi connectivity index (χ1) is 69.6. The number of thiazole rings is 1. The summed E-state index contributed by atoms with van der Waals surface area (Å²) in [5, 5.41) is 38.8. The average molecular weight is 2030 g/mol. The summed E-state index contributed by atoms with van der Waals surface area (Å²) in [6, 6.07) is 19.2. The molecule has 5 unspecified atom stereocenters. The summed E-state index contributed by atoms with van der Waals surface area (Å²) < 4.78 is 81.1. The number of unbranched alkanes of at least 4 members (excludes halogenated alkanes) is 3. The molecular weight excluding hydrogens is 1880 g/mol. The van der Waals surface area contributed by atoms with Crippen LogP contribution >= 0.6 is 11.3 Å². The van der Waals surface area contributed by atoms with Gasteiger partial charge in [-0.2, -0.15) is 5.10 Å². The van der Waals surface area contributed by atoms with Crippen molar-refractivity contribution in [2.75, 3.05) is 207 Å². The van der Waals surface area contributed by atoms with Crippen LogP contribution in [0.4, 0.5) is 21.4 Å². The predicted octanol–water partition coefficient (Wildman–Crippen LogP) is 8.86. The van der Waals surface area contributed by atoms with E-state index in [4.69, 9.17) is 76.4 Å².